The molecule has 6 heteroatoms. The first kappa shape index (κ1) is 19.7. The first-order valence-electron chi connectivity index (χ1n) is 9.41. The van der Waals surface area contributed by atoms with Gasteiger partial charge in [0.2, 0.25) is 6.79 Å². The van der Waals surface area contributed by atoms with Crippen LogP contribution in [0.5, 0.6) is 11.5 Å². The average molecular weight is 375 g/mol. The number of hydrogen-bond donors (Lipinski definition) is 1. The average Bonchev–Trinajstić information content (AvgIpc) is 3.22. The zero-order chi connectivity index (χ0) is 19.2. The zero-order valence-electron chi connectivity index (χ0n) is 16.3. The smallest absolute Gasteiger partial charge is 0.231 e. The number of furan rings is 1. The van der Waals surface area contributed by atoms with Gasteiger partial charge in [0, 0.05) is 19.7 Å². The van der Waals surface area contributed by atoms with E-state index in [4.69, 9.17) is 18.6 Å². The van der Waals surface area contributed by atoms with E-state index in [1.807, 2.05) is 37.3 Å². The van der Waals surface area contributed by atoms with Gasteiger partial charge < -0.3 is 23.7 Å². The quantitative estimate of drug-likeness (QED) is 0.687. The highest BCUT2D eigenvalue weighted by Gasteiger charge is 2.18. The zero-order valence-corrected chi connectivity index (χ0v) is 16.3. The largest absolute Gasteiger partial charge is 0.465 e. The summed E-state index contributed by atoms with van der Waals surface area (Å²) in [6.07, 6.45) is -0.561. The van der Waals surface area contributed by atoms with Gasteiger partial charge in [-0.3, -0.25) is 4.90 Å². The fourth-order valence-electron chi connectivity index (χ4n) is 3.06. The molecule has 1 aromatic carbocycles. The second-order valence-corrected chi connectivity index (χ2v) is 7.45. The van der Waals surface area contributed by atoms with Gasteiger partial charge in [-0.15, -0.1) is 0 Å². The van der Waals surface area contributed by atoms with E-state index < -0.39 is 6.10 Å². The van der Waals surface area contributed by atoms with Crippen LogP contribution < -0.4 is 9.47 Å². The molecule has 0 spiro atoms. The van der Waals surface area contributed by atoms with Gasteiger partial charge >= 0.3 is 0 Å². The molecule has 1 atom stereocenters. The van der Waals surface area contributed by atoms with Crippen molar-refractivity contribution in [3.63, 3.8) is 0 Å². The number of ether oxygens (including phenoxy) is 3. The van der Waals surface area contributed by atoms with Gasteiger partial charge in [0.05, 0.1) is 19.3 Å². The Kier molecular flexibility index (Phi) is 6.77. The minimum Gasteiger partial charge on any atom is -0.465 e. The van der Waals surface area contributed by atoms with Gasteiger partial charge in [-0.1, -0.05) is 19.9 Å². The van der Waals surface area contributed by atoms with Crippen LogP contribution in [0, 0.1) is 12.8 Å². The summed E-state index contributed by atoms with van der Waals surface area (Å²) in [5, 5.41) is 10.4. The molecular formula is C21H29NO5. The molecule has 1 N–H and O–H groups in total. The van der Waals surface area contributed by atoms with Gasteiger partial charge in [-0.25, -0.2) is 0 Å². The maximum Gasteiger partial charge on any atom is 0.231 e. The van der Waals surface area contributed by atoms with Crippen molar-refractivity contribution in [2.24, 2.45) is 5.92 Å². The second kappa shape index (κ2) is 9.26. The van der Waals surface area contributed by atoms with Gasteiger partial charge in [0.25, 0.3) is 0 Å². The molecule has 1 aromatic heterocycles. The Morgan fingerprint density at radius 2 is 1.89 bits per heavy atom. The minimum absolute atomic E-state index is 0.264. The topological polar surface area (TPSA) is 64.3 Å². The molecule has 0 unspecified atom stereocenters. The molecule has 27 heavy (non-hydrogen) atoms. The van der Waals surface area contributed by atoms with Crippen molar-refractivity contribution >= 4 is 0 Å². The molecule has 3 rings (SSSR count). The van der Waals surface area contributed by atoms with Crippen molar-refractivity contribution in [1.29, 1.82) is 0 Å². The molecule has 1 aliphatic heterocycles. The van der Waals surface area contributed by atoms with E-state index in [9.17, 15) is 5.11 Å². The maximum atomic E-state index is 10.4. The third-order valence-corrected chi connectivity index (χ3v) is 4.25. The summed E-state index contributed by atoms with van der Waals surface area (Å²) in [6.45, 7) is 9.13. The molecule has 0 saturated carbocycles. The highest BCUT2D eigenvalue weighted by Crippen LogP contribution is 2.33. The van der Waals surface area contributed by atoms with Crippen LogP contribution >= 0.6 is 0 Å². The van der Waals surface area contributed by atoms with E-state index in [1.54, 1.807) is 0 Å². The van der Waals surface area contributed by atoms with E-state index >= 15 is 0 Å². The van der Waals surface area contributed by atoms with Crippen molar-refractivity contribution in [3.05, 3.63) is 47.4 Å². The molecule has 0 amide bonds. The van der Waals surface area contributed by atoms with E-state index in [0.717, 1.165) is 28.6 Å². The van der Waals surface area contributed by atoms with E-state index in [2.05, 4.69) is 18.7 Å². The number of aliphatic hydroxyl groups is 1. The van der Waals surface area contributed by atoms with Gasteiger partial charge in [0.15, 0.2) is 11.5 Å². The fraction of sp³-hybridized carbons (Fsp3) is 0.524. The van der Waals surface area contributed by atoms with Crippen LogP contribution in [-0.2, 0) is 17.8 Å². The molecule has 2 heterocycles. The number of hydrogen-bond acceptors (Lipinski definition) is 6. The van der Waals surface area contributed by atoms with Crippen LogP contribution in [0.3, 0.4) is 0 Å². The molecule has 0 radical (unpaired) electrons. The predicted octanol–water partition coefficient (Wildman–Crippen LogP) is 3.35. The lowest BCUT2D eigenvalue weighted by Gasteiger charge is -2.24. The minimum atomic E-state index is -0.561. The molecule has 6 nitrogen and oxygen atoms in total. The van der Waals surface area contributed by atoms with Gasteiger partial charge in [-0.2, -0.15) is 0 Å². The Balaban J connectivity index is 1.63. The summed E-state index contributed by atoms with van der Waals surface area (Å²) in [5.41, 5.74) is 1.10. The highest BCUT2D eigenvalue weighted by molar-refractivity contribution is 5.44. The van der Waals surface area contributed by atoms with Crippen molar-refractivity contribution in [2.75, 3.05) is 26.6 Å². The molecule has 148 valence electrons. The van der Waals surface area contributed by atoms with E-state index in [1.165, 1.54) is 0 Å². The normalized spacial score (nSPS) is 14.3. The molecule has 0 aliphatic carbocycles. The molecule has 1 aliphatic rings. The Hall–Kier alpha value is -2.02. The number of fused-ring (bicyclic) bond motifs is 1. The third kappa shape index (κ3) is 5.99. The van der Waals surface area contributed by atoms with Crippen LogP contribution in [0.15, 0.2) is 34.7 Å². The summed E-state index contributed by atoms with van der Waals surface area (Å²) in [7, 11) is 0. The Bertz CT molecular complexity index is 727. The fourth-order valence-corrected chi connectivity index (χ4v) is 3.06. The van der Waals surface area contributed by atoms with Crippen LogP contribution in [0.25, 0.3) is 0 Å². The Morgan fingerprint density at radius 1 is 1.07 bits per heavy atom. The third-order valence-electron chi connectivity index (χ3n) is 4.25. The number of aliphatic hydroxyl groups excluding tert-OH is 1. The summed E-state index contributed by atoms with van der Waals surface area (Å²) >= 11 is 0. The van der Waals surface area contributed by atoms with Gasteiger partial charge in [0.1, 0.15) is 11.5 Å². The lowest BCUT2D eigenvalue weighted by atomic mass is 10.1. The van der Waals surface area contributed by atoms with Crippen LogP contribution in [0.2, 0.25) is 0 Å². The van der Waals surface area contributed by atoms with Crippen molar-refractivity contribution < 1.29 is 23.7 Å². The molecule has 0 fully saturated rings. The SMILES string of the molecule is Cc1ccc(CN(Cc2ccc3c(c2)OCO3)C[C@H](O)COCC(C)C)o1. The Labute approximate surface area is 160 Å². The molecule has 2 aromatic rings. The number of benzene rings is 1. The van der Waals surface area contributed by atoms with Gasteiger partial charge in [-0.05, 0) is 42.7 Å². The summed E-state index contributed by atoms with van der Waals surface area (Å²) in [4.78, 5) is 2.15. The van der Waals surface area contributed by atoms with Crippen molar-refractivity contribution in [3.8, 4) is 11.5 Å². The van der Waals surface area contributed by atoms with Crippen LogP contribution in [0.1, 0.15) is 30.9 Å². The van der Waals surface area contributed by atoms with Crippen molar-refractivity contribution in [2.45, 2.75) is 40.0 Å². The maximum absolute atomic E-state index is 10.4. The first-order valence-corrected chi connectivity index (χ1v) is 9.41. The standard InChI is InChI=1S/C21H29NO5/c1-15(2)12-24-13-18(23)10-22(11-19-6-4-16(3)27-19)9-17-5-7-20-21(8-17)26-14-25-20/h4-8,15,18,23H,9-14H2,1-3H3/t18-/m0/s1. The van der Waals surface area contributed by atoms with Crippen LogP contribution in [-0.4, -0.2) is 42.7 Å². The van der Waals surface area contributed by atoms with Crippen LogP contribution in [0.4, 0.5) is 0 Å². The summed E-state index contributed by atoms with van der Waals surface area (Å²) < 4.78 is 22.2. The van der Waals surface area contributed by atoms with E-state index in [-0.39, 0.29) is 6.79 Å². The highest BCUT2D eigenvalue weighted by atomic mass is 16.7. The number of nitrogens with zero attached hydrogens (tertiary/aromatic N) is 1. The molecule has 0 saturated heterocycles. The summed E-state index contributed by atoms with van der Waals surface area (Å²) in [5.74, 6) is 3.75. The number of aryl methyl sites for hydroxylation is 1. The monoisotopic (exact) mass is 375 g/mol. The molecule has 0 bridgehead atoms. The second-order valence-electron chi connectivity index (χ2n) is 7.45. The molecular weight excluding hydrogens is 346 g/mol. The lowest BCUT2D eigenvalue weighted by molar-refractivity contribution is 0.00457. The predicted molar refractivity (Wildman–Crippen MR) is 102 cm³/mol. The first-order chi connectivity index (χ1) is 13.0. The number of rotatable bonds is 10. The summed E-state index contributed by atoms with van der Waals surface area (Å²) in [6, 6.07) is 9.87. The lowest BCUT2D eigenvalue weighted by Crippen LogP contribution is -2.34. The van der Waals surface area contributed by atoms with E-state index in [0.29, 0.717) is 38.8 Å². The Morgan fingerprint density at radius 3 is 2.63 bits per heavy atom. The van der Waals surface area contributed by atoms with Crippen molar-refractivity contribution in [1.82, 2.24) is 4.90 Å².